The van der Waals surface area contributed by atoms with Gasteiger partial charge in [0.2, 0.25) is 0 Å². The standard InChI is InChI=1S/C22H25N3O2S/c1-16-7-3-5-9-19(16)27-15-21(26)25-13-11-24(12-14-25)17(2)22-23-18-8-4-6-10-20(18)28-22/h3-10,17H,11-15H2,1-2H3. The van der Waals surface area contributed by atoms with Crippen molar-refractivity contribution in [3.05, 3.63) is 59.1 Å². The minimum atomic E-state index is 0.0514. The Bertz CT molecular complexity index is 930. The molecule has 146 valence electrons. The fraction of sp³-hybridized carbons (Fsp3) is 0.364. The number of carbonyl (C=O) groups is 1. The zero-order chi connectivity index (χ0) is 19.5. The van der Waals surface area contributed by atoms with Crippen LogP contribution in [0.25, 0.3) is 10.2 Å². The van der Waals surface area contributed by atoms with E-state index in [1.807, 2.05) is 42.2 Å². The van der Waals surface area contributed by atoms with Crippen LogP contribution in [0.1, 0.15) is 23.5 Å². The molecule has 1 aliphatic heterocycles. The molecule has 1 aromatic heterocycles. The number of aryl methyl sites for hydroxylation is 1. The summed E-state index contributed by atoms with van der Waals surface area (Å²) in [5, 5.41) is 1.14. The highest BCUT2D eigenvalue weighted by molar-refractivity contribution is 7.18. The van der Waals surface area contributed by atoms with Crippen LogP contribution in [-0.4, -0.2) is 53.5 Å². The van der Waals surface area contributed by atoms with Crippen molar-refractivity contribution in [1.29, 1.82) is 0 Å². The highest BCUT2D eigenvalue weighted by Gasteiger charge is 2.26. The fourth-order valence-electron chi connectivity index (χ4n) is 3.53. The molecule has 1 unspecified atom stereocenters. The molecule has 0 aliphatic carbocycles. The number of piperazine rings is 1. The Balaban J connectivity index is 1.31. The zero-order valence-corrected chi connectivity index (χ0v) is 17.1. The van der Waals surface area contributed by atoms with Gasteiger partial charge in [0.25, 0.3) is 5.91 Å². The van der Waals surface area contributed by atoms with Crippen LogP contribution in [-0.2, 0) is 4.79 Å². The van der Waals surface area contributed by atoms with Gasteiger partial charge in [-0.15, -0.1) is 11.3 Å². The van der Waals surface area contributed by atoms with Gasteiger partial charge in [-0.25, -0.2) is 4.98 Å². The van der Waals surface area contributed by atoms with E-state index in [0.29, 0.717) is 0 Å². The Labute approximate surface area is 169 Å². The summed E-state index contributed by atoms with van der Waals surface area (Å²) in [6.45, 7) is 7.45. The molecule has 0 spiro atoms. The first-order valence-corrected chi connectivity index (χ1v) is 10.5. The molecule has 0 saturated carbocycles. The van der Waals surface area contributed by atoms with Gasteiger partial charge in [0, 0.05) is 26.2 Å². The molecule has 0 bridgehead atoms. The maximum Gasteiger partial charge on any atom is 0.260 e. The third-order valence-corrected chi connectivity index (χ3v) is 6.53. The highest BCUT2D eigenvalue weighted by Crippen LogP contribution is 2.30. The van der Waals surface area contributed by atoms with Crippen molar-refractivity contribution < 1.29 is 9.53 Å². The van der Waals surface area contributed by atoms with Gasteiger partial charge in [0.1, 0.15) is 10.8 Å². The molecule has 1 atom stereocenters. The molecule has 4 rings (SSSR count). The summed E-state index contributed by atoms with van der Waals surface area (Å²) in [5.74, 6) is 0.828. The second kappa shape index (κ2) is 8.29. The summed E-state index contributed by atoms with van der Waals surface area (Å²) in [6.07, 6.45) is 0. The van der Waals surface area contributed by atoms with Crippen molar-refractivity contribution in [1.82, 2.24) is 14.8 Å². The first-order valence-electron chi connectivity index (χ1n) is 9.67. The number of carbonyl (C=O) groups excluding carboxylic acids is 1. The first kappa shape index (κ1) is 18.9. The van der Waals surface area contributed by atoms with Crippen LogP contribution in [0.2, 0.25) is 0 Å². The smallest absolute Gasteiger partial charge is 0.260 e. The second-order valence-electron chi connectivity index (χ2n) is 7.17. The van der Waals surface area contributed by atoms with Gasteiger partial charge in [0.05, 0.1) is 16.3 Å². The summed E-state index contributed by atoms with van der Waals surface area (Å²) < 4.78 is 6.94. The van der Waals surface area contributed by atoms with Gasteiger partial charge >= 0.3 is 0 Å². The Hall–Kier alpha value is -2.44. The fourth-order valence-corrected chi connectivity index (χ4v) is 4.59. The average molecular weight is 396 g/mol. The Morgan fingerprint density at radius 1 is 1.11 bits per heavy atom. The molecule has 5 nitrogen and oxygen atoms in total. The van der Waals surface area contributed by atoms with Crippen LogP contribution in [0, 0.1) is 6.92 Å². The molecule has 6 heteroatoms. The molecule has 3 aromatic rings. The van der Waals surface area contributed by atoms with Gasteiger partial charge in [-0.2, -0.15) is 0 Å². The molecule has 0 radical (unpaired) electrons. The number of nitrogens with zero attached hydrogens (tertiary/aromatic N) is 3. The van der Waals surface area contributed by atoms with E-state index in [4.69, 9.17) is 9.72 Å². The first-order chi connectivity index (χ1) is 13.6. The maximum atomic E-state index is 12.5. The molecule has 1 amide bonds. The number of hydrogen-bond donors (Lipinski definition) is 0. The van der Waals surface area contributed by atoms with E-state index in [9.17, 15) is 4.79 Å². The summed E-state index contributed by atoms with van der Waals surface area (Å²) in [5.41, 5.74) is 2.11. The lowest BCUT2D eigenvalue weighted by molar-refractivity contribution is -0.135. The third kappa shape index (κ3) is 4.03. The minimum Gasteiger partial charge on any atom is -0.484 e. The van der Waals surface area contributed by atoms with Crippen molar-refractivity contribution in [2.75, 3.05) is 32.8 Å². The number of fused-ring (bicyclic) bond motifs is 1. The lowest BCUT2D eigenvalue weighted by Crippen LogP contribution is -2.50. The van der Waals surface area contributed by atoms with E-state index in [-0.39, 0.29) is 18.6 Å². The average Bonchev–Trinajstić information content (AvgIpc) is 3.17. The number of rotatable bonds is 5. The largest absolute Gasteiger partial charge is 0.484 e. The van der Waals surface area contributed by atoms with Crippen LogP contribution in [0.4, 0.5) is 0 Å². The number of ether oxygens (including phenoxy) is 1. The summed E-state index contributed by atoms with van der Waals surface area (Å²) in [7, 11) is 0. The number of para-hydroxylation sites is 2. The molecule has 0 N–H and O–H groups in total. The Kier molecular flexibility index (Phi) is 5.59. The topological polar surface area (TPSA) is 45.7 Å². The van der Waals surface area contributed by atoms with Crippen molar-refractivity contribution in [3.63, 3.8) is 0 Å². The van der Waals surface area contributed by atoms with Crippen molar-refractivity contribution >= 4 is 27.5 Å². The van der Waals surface area contributed by atoms with Gasteiger partial charge in [-0.3, -0.25) is 9.69 Å². The van der Waals surface area contributed by atoms with Crippen LogP contribution < -0.4 is 4.74 Å². The van der Waals surface area contributed by atoms with E-state index in [1.54, 1.807) is 11.3 Å². The van der Waals surface area contributed by atoms with Crippen LogP contribution in [0.15, 0.2) is 48.5 Å². The van der Waals surface area contributed by atoms with E-state index >= 15 is 0 Å². The van der Waals surface area contributed by atoms with E-state index < -0.39 is 0 Å². The van der Waals surface area contributed by atoms with Crippen molar-refractivity contribution in [2.24, 2.45) is 0 Å². The predicted molar refractivity (Wildman–Crippen MR) is 113 cm³/mol. The number of thiazole rings is 1. The van der Waals surface area contributed by atoms with Crippen molar-refractivity contribution in [2.45, 2.75) is 19.9 Å². The molecule has 28 heavy (non-hydrogen) atoms. The van der Waals surface area contributed by atoms with Gasteiger partial charge in [-0.05, 0) is 37.6 Å². The lowest BCUT2D eigenvalue weighted by atomic mass is 10.2. The van der Waals surface area contributed by atoms with E-state index in [2.05, 4.69) is 30.0 Å². The molecular formula is C22H25N3O2S. The van der Waals surface area contributed by atoms with Gasteiger partial charge < -0.3 is 9.64 Å². The molecule has 1 fully saturated rings. The molecular weight excluding hydrogens is 370 g/mol. The second-order valence-corrected chi connectivity index (χ2v) is 8.23. The minimum absolute atomic E-state index is 0.0514. The van der Waals surface area contributed by atoms with E-state index in [0.717, 1.165) is 48.0 Å². The number of hydrogen-bond acceptors (Lipinski definition) is 5. The summed E-state index contributed by atoms with van der Waals surface area (Å²) in [6, 6.07) is 16.3. The Morgan fingerprint density at radius 3 is 2.57 bits per heavy atom. The van der Waals surface area contributed by atoms with E-state index in [1.165, 1.54) is 4.70 Å². The zero-order valence-electron chi connectivity index (χ0n) is 16.3. The van der Waals surface area contributed by atoms with Gasteiger partial charge in [0.15, 0.2) is 6.61 Å². The monoisotopic (exact) mass is 395 g/mol. The van der Waals surface area contributed by atoms with Crippen molar-refractivity contribution in [3.8, 4) is 5.75 Å². The SMILES string of the molecule is Cc1ccccc1OCC(=O)N1CCN(C(C)c2nc3ccccc3s2)CC1. The maximum absolute atomic E-state index is 12.5. The summed E-state index contributed by atoms with van der Waals surface area (Å²) >= 11 is 1.76. The molecule has 1 saturated heterocycles. The normalized spacial score (nSPS) is 16.3. The van der Waals surface area contributed by atoms with Gasteiger partial charge in [-0.1, -0.05) is 30.3 Å². The molecule has 2 aromatic carbocycles. The number of benzene rings is 2. The summed E-state index contributed by atoms with van der Waals surface area (Å²) in [4.78, 5) is 21.6. The van der Waals surface area contributed by atoms with Crippen LogP contribution in [0.3, 0.4) is 0 Å². The molecule has 1 aliphatic rings. The quantitative estimate of drug-likeness (QED) is 0.658. The number of amides is 1. The highest BCUT2D eigenvalue weighted by atomic mass is 32.1. The van der Waals surface area contributed by atoms with Crippen LogP contribution in [0.5, 0.6) is 5.75 Å². The molecule has 2 heterocycles. The Morgan fingerprint density at radius 2 is 1.82 bits per heavy atom. The van der Waals surface area contributed by atoms with Crippen LogP contribution >= 0.6 is 11.3 Å². The number of aromatic nitrogens is 1. The predicted octanol–water partition coefficient (Wildman–Crippen LogP) is 3.89. The third-order valence-electron chi connectivity index (χ3n) is 5.33. The lowest BCUT2D eigenvalue weighted by Gasteiger charge is -2.37.